The number of hydrogen-bond donors (Lipinski definition) is 1. The Hall–Kier alpha value is -2.86. The number of amides is 1. The summed E-state index contributed by atoms with van der Waals surface area (Å²) < 4.78 is 14.5. The van der Waals surface area contributed by atoms with Crippen LogP contribution < -0.4 is 19.4 Å². The monoisotopic (exact) mass is 593 g/mol. The Morgan fingerprint density at radius 1 is 0.833 bits per heavy atom. The Morgan fingerprint density at radius 3 is 2.14 bits per heavy atom. The van der Waals surface area contributed by atoms with Crippen molar-refractivity contribution in [3.63, 3.8) is 0 Å². The molecule has 0 spiro atoms. The molecule has 1 amide bonds. The van der Waals surface area contributed by atoms with Crippen molar-refractivity contribution in [2.75, 3.05) is 18.5 Å². The maximum absolute atomic E-state index is 12.9. The zero-order chi connectivity index (χ0) is 30.0. The Balaban J connectivity index is 1.46. The summed E-state index contributed by atoms with van der Waals surface area (Å²) in [6.07, 6.45) is 17.8. The van der Waals surface area contributed by atoms with Gasteiger partial charge in [-0.1, -0.05) is 140 Å². The van der Waals surface area contributed by atoms with Crippen LogP contribution in [0.25, 0.3) is 0 Å². The molecule has 0 aliphatic rings. The molecule has 6 heteroatoms. The van der Waals surface area contributed by atoms with Crippen LogP contribution in [0.15, 0.2) is 59.6 Å². The van der Waals surface area contributed by atoms with Crippen molar-refractivity contribution in [3.05, 3.63) is 70.7 Å². The highest BCUT2D eigenvalue weighted by atomic mass is 32.1. The lowest BCUT2D eigenvalue weighted by Crippen LogP contribution is -2.31. The minimum Gasteiger partial charge on any atom is -0.489 e. The Morgan fingerprint density at radius 2 is 1.50 bits per heavy atom. The normalized spacial score (nSPS) is 11.4. The molecule has 0 aliphatic heterocycles. The number of carbonyl (C=O) groups is 1. The van der Waals surface area contributed by atoms with E-state index < -0.39 is 0 Å². The number of unbranched alkanes of at least 4 members (excludes halogenated alkanes) is 11. The third kappa shape index (κ3) is 12.2. The Kier molecular flexibility index (Phi) is 14.9. The van der Waals surface area contributed by atoms with Crippen molar-refractivity contribution in [1.82, 2.24) is 0 Å². The van der Waals surface area contributed by atoms with E-state index in [1.807, 2.05) is 48.0 Å². The maximum atomic E-state index is 12.9. The molecule has 0 bridgehead atoms. The van der Waals surface area contributed by atoms with E-state index in [-0.39, 0.29) is 17.9 Å². The summed E-state index contributed by atoms with van der Waals surface area (Å²) in [6, 6.07) is 13.9. The number of hydrogen-bond acceptors (Lipinski definition) is 4. The molecule has 0 fully saturated rings. The van der Waals surface area contributed by atoms with Gasteiger partial charge in [-0.05, 0) is 24.0 Å². The first kappa shape index (κ1) is 33.6. The molecule has 0 radical (unpaired) electrons. The van der Waals surface area contributed by atoms with E-state index in [2.05, 4.69) is 49.2 Å². The van der Waals surface area contributed by atoms with Crippen LogP contribution in [0.5, 0.6) is 11.5 Å². The van der Waals surface area contributed by atoms with Gasteiger partial charge in [0, 0.05) is 11.1 Å². The Bertz CT molecular complexity index is 1170. The number of nitrogens with one attached hydrogen (secondary N) is 1. The van der Waals surface area contributed by atoms with Gasteiger partial charge in [-0.3, -0.25) is 4.79 Å². The number of benzene rings is 2. The summed E-state index contributed by atoms with van der Waals surface area (Å²) in [5.41, 5.74) is 4.90. The van der Waals surface area contributed by atoms with Gasteiger partial charge >= 0.3 is 0 Å². The molecule has 42 heavy (non-hydrogen) atoms. The van der Waals surface area contributed by atoms with Crippen LogP contribution in [-0.2, 0) is 16.8 Å². The third-order valence-corrected chi connectivity index (χ3v) is 8.23. The fourth-order valence-electron chi connectivity index (χ4n) is 5.14. The van der Waals surface area contributed by atoms with Crippen LogP contribution in [-0.4, -0.2) is 19.1 Å². The Labute approximate surface area is 258 Å². The molecule has 1 aromatic heterocycles. The summed E-state index contributed by atoms with van der Waals surface area (Å²) in [7, 11) is 0. The second kappa shape index (κ2) is 18.6. The average molecular weight is 594 g/mol. The lowest BCUT2D eigenvalue weighted by atomic mass is 9.86. The molecular formula is C36H53N2O3S+. The average Bonchev–Trinajstić information content (AvgIpc) is 3.48. The zero-order valence-corrected chi connectivity index (χ0v) is 27.3. The van der Waals surface area contributed by atoms with E-state index in [1.165, 1.54) is 70.6 Å². The summed E-state index contributed by atoms with van der Waals surface area (Å²) in [6.45, 7) is 10.1. The number of carbonyl (C=O) groups excluding carboxylic acids is 1. The molecular weight excluding hydrogens is 540 g/mol. The van der Waals surface area contributed by atoms with E-state index in [1.54, 1.807) is 11.3 Å². The summed E-state index contributed by atoms with van der Waals surface area (Å²) in [5, 5.41) is 5.08. The van der Waals surface area contributed by atoms with Crippen molar-refractivity contribution in [2.45, 2.75) is 117 Å². The summed E-state index contributed by atoms with van der Waals surface area (Å²) >= 11 is 1.65. The number of thiazole rings is 1. The van der Waals surface area contributed by atoms with Gasteiger partial charge in [-0.15, -0.1) is 0 Å². The molecule has 0 saturated heterocycles. The highest BCUT2D eigenvalue weighted by Crippen LogP contribution is 2.38. The number of aromatic nitrogens is 1. The van der Waals surface area contributed by atoms with E-state index in [4.69, 9.17) is 9.47 Å². The van der Waals surface area contributed by atoms with Crippen LogP contribution >= 0.6 is 11.3 Å². The van der Waals surface area contributed by atoms with Gasteiger partial charge < -0.3 is 14.8 Å². The molecule has 230 valence electrons. The number of anilines is 1. The second-order valence-electron chi connectivity index (χ2n) is 12.3. The van der Waals surface area contributed by atoms with Gasteiger partial charge in [0.1, 0.15) is 0 Å². The van der Waals surface area contributed by atoms with E-state index in [9.17, 15) is 4.79 Å². The van der Waals surface area contributed by atoms with Crippen molar-refractivity contribution in [3.8, 4) is 11.5 Å². The molecule has 0 unspecified atom stereocenters. The predicted molar refractivity (Wildman–Crippen MR) is 176 cm³/mol. The molecule has 3 aromatic rings. The zero-order valence-electron chi connectivity index (χ0n) is 26.5. The third-order valence-electron chi connectivity index (χ3n) is 7.56. The fourth-order valence-corrected chi connectivity index (χ4v) is 5.74. The van der Waals surface area contributed by atoms with Crippen molar-refractivity contribution in [1.29, 1.82) is 0 Å². The SMILES string of the molecule is CCCCCCCCCCCCCCOc1c(OCC(=O)Nc2ccccc2C[n+]2ccsc2)cccc1C(C)(C)C. The molecule has 2 aromatic carbocycles. The summed E-state index contributed by atoms with van der Waals surface area (Å²) in [4.78, 5) is 12.9. The number of nitrogens with zero attached hydrogens (tertiary/aromatic N) is 1. The van der Waals surface area contributed by atoms with E-state index in [0.717, 1.165) is 29.0 Å². The van der Waals surface area contributed by atoms with Crippen LogP contribution in [0, 0.1) is 0 Å². The van der Waals surface area contributed by atoms with Crippen LogP contribution in [0.4, 0.5) is 5.69 Å². The fraction of sp³-hybridized carbons (Fsp3) is 0.556. The molecule has 0 aliphatic carbocycles. The molecule has 5 nitrogen and oxygen atoms in total. The van der Waals surface area contributed by atoms with Crippen molar-refractivity contribution in [2.24, 2.45) is 0 Å². The van der Waals surface area contributed by atoms with Crippen molar-refractivity contribution < 1.29 is 18.8 Å². The molecule has 0 atom stereocenters. The largest absolute Gasteiger partial charge is 0.489 e. The smallest absolute Gasteiger partial charge is 0.262 e. The quantitative estimate of drug-likeness (QED) is 0.105. The number of para-hydroxylation sites is 2. The van der Waals surface area contributed by atoms with Gasteiger partial charge in [-0.25, -0.2) is 0 Å². The molecule has 3 rings (SSSR count). The lowest BCUT2D eigenvalue weighted by Gasteiger charge is -2.24. The van der Waals surface area contributed by atoms with Crippen LogP contribution in [0.2, 0.25) is 0 Å². The minimum absolute atomic E-state index is 0.0809. The first-order valence-electron chi connectivity index (χ1n) is 16.1. The maximum Gasteiger partial charge on any atom is 0.262 e. The first-order valence-corrected chi connectivity index (χ1v) is 17.0. The lowest BCUT2D eigenvalue weighted by molar-refractivity contribution is -0.683. The van der Waals surface area contributed by atoms with E-state index in [0.29, 0.717) is 18.9 Å². The minimum atomic E-state index is -0.189. The van der Waals surface area contributed by atoms with Gasteiger partial charge in [-0.2, -0.15) is 4.57 Å². The van der Waals surface area contributed by atoms with Gasteiger partial charge in [0.15, 0.2) is 30.8 Å². The standard InChI is InChI=1S/C36H52N2O3S/c1-5-6-7-8-9-10-11-12-13-14-15-18-25-40-35-31(36(2,3)4)21-19-23-33(35)41-28-34(39)37-32-22-17-16-20-30(32)27-38-24-26-42-29-38/h16-17,19-24,26,29H,5-15,18,25,27-28H2,1-4H3/p+1. The molecule has 0 saturated carbocycles. The second-order valence-corrected chi connectivity index (χ2v) is 13.1. The van der Waals surface area contributed by atoms with Gasteiger partial charge in [0.25, 0.3) is 5.91 Å². The van der Waals surface area contributed by atoms with Crippen LogP contribution in [0.1, 0.15) is 116 Å². The van der Waals surface area contributed by atoms with Crippen LogP contribution in [0.3, 0.4) is 0 Å². The first-order chi connectivity index (χ1) is 20.4. The summed E-state index contributed by atoms with van der Waals surface area (Å²) in [5.74, 6) is 1.19. The highest BCUT2D eigenvalue weighted by molar-refractivity contribution is 7.07. The van der Waals surface area contributed by atoms with Gasteiger partial charge in [0.2, 0.25) is 5.51 Å². The van der Waals surface area contributed by atoms with Crippen molar-refractivity contribution >= 4 is 22.9 Å². The van der Waals surface area contributed by atoms with Gasteiger partial charge in [0.05, 0.1) is 17.7 Å². The topological polar surface area (TPSA) is 51.4 Å². The van der Waals surface area contributed by atoms with E-state index >= 15 is 0 Å². The number of ether oxygens (including phenoxy) is 2. The highest BCUT2D eigenvalue weighted by Gasteiger charge is 2.23. The predicted octanol–water partition coefficient (Wildman–Crippen LogP) is 9.48. The number of rotatable bonds is 20. The molecule has 1 heterocycles. The molecule has 1 N–H and O–H groups in total.